The number of amides is 1. The molecule has 1 aliphatic carbocycles. The maximum absolute atomic E-state index is 13.3. The number of nitrogens with one attached hydrogen (secondary N) is 2. The summed E-state index contributed by atoms with van der Waals surface area (Å²) in [4.78, 5) is 53.2. The Labute approximate surface area is 183 Å². The van der Waals surface area contributed by atoms with Crippen LogP contribution in [0.5, 0.6) is 0 Å². The van der Waals surface area contributed by atoms with Gasteiger partial charge in [0, 0.05) is 6.54 Å². The molecule has 1 saturated carbocycles. The van der Waals surface area contributed by atoms with Crippen molar-refractivity contribution in [3.8, 4) is 0 Å². The van der Waals surface area contributed by atoms with Crippen LogP contribution in [0.2, 0.25) is 0 Å². The molecule has 2 aromatic carbocycles. The first-order valence-corrected chi connectivity index (χ1v) is 10.7. The first kappa shape index (κ1) is 21.5. The van der Waals surface area contributed by atoms with E-state index in [1.807, 2.05) is 0 Å². The number of aromatic nitrogens is 2. The second-order valence-electron chi connectivity index (χ2n) is 8.27. The summed E-state index contributed by atoms with van der Waals surface area (Å²) < 4.78 is 0.967. The van der Waals surface area contributed by atoms with Crippen LogP contribution < -0.4 is 16.6 Å². The number of carbonyl (C=O) groups is 2. The number of carbonyl (C=O) groups excluding carboxylic acids is 1. The van der Waals surface area contributed by atoms with Crippen LogP contribution in [-0.4, -0.2) is 33.1 Å². The number of carboxylic acid groups (broad SMARTS) is 1. The molecule has 1 unspecified atom stereocenters. The van der Waals surface area contributed by atoms with Gasteiger partial charge in [-0.2, -0.15) is 0 Å². The van der Waals surface area contributed by atoms with Crippen molar-refractivity contribution in [1.82, 2.24) is 14.9 Å². The summed E-state index contributed by atoms with van der Waals surface area (Å²) in [5, 5.41) is 12.4. The number of hydrogen-bond acceptors (Lipinski definition) is 4. The highest BCUT2D eigenvalue weighted by Gasteiger charge is 2.29. The third-order valence-electron chi connectivity index (χ3n) is 6.22. The third kappa shape index (κ3) is 4.34. The normalized spacial score (nSPS) is 19.4. The Hall–Kier alpha value is -3.68. The standard InChI is InChI=1S/C24H25N3O5/c28-21(25-14-15-10-12-17(13-11-15)23(30)31)20(16-6-2-1-3-7-16)27-22(29)18-8-4-5-9-19(18)26-24(27)32/h1-9,15,17,20H,10-14H2,(H,25,28)(H,26,32)(H,30,31). The van der Waals surface area contributed by atoms with Crippen molar-refractivity contribution in [2.24, 2.45) is 11.8 Å². The summed E-state index contributed by atoms with van der Waals surface area (Å²) in [5.41, 5.74) is -0.237. The number of carboxylic acids is 1. The highest BCUT2D eigenvalue weighted by atomic mass is 16.4. The fourth-order valence-corrected chi connectivity index (χ4v) is 4.42. The maximum atomic E-state index is 13.3. The molecule has 1 fully saturated rings. The largest absolute Gasteiger partial charge is 0.481 e. The molecule has 1 amide bonds. The van der Waals surface area contributed by atoms with Crippen LogP contribution >= 0.6 is 0 Å². The molecule has 0 spiro atoms. The molecule has 0 radical (unpaired) electrons. The van der Waals surface area contributed by atoms with Gasteiger partial charge in [0.2, 0.25) is 5.91 Å². The molecule has 1 heterocycles. The molecule has 0 saturated heterocycles. The molecule has 32 heavy (non-hydrogen) atoms. The van der Waals surface area contributed by atoms with Gasteiger partial charge >= 0.3 is 11.7 Å². The van der Waals surface area contributed by atoms with Gasteiger partial charge in [-0.05, 0) is 49.3 Å². The highest BCUT2D eigenvalue weighted by Crippen LogP contribution is 2.28. The number of H-pyrrole nitrogens is 1. The minimum Gasteiger partial charge on any atom is -0.481 e. The third-order valence-corrected chi connectivity index (χ3v) is 6.22. The maximum Gasteiger partial charge on any atom is 0.329 e. The van der Waals surface area contributed by atoms with Crippen molar-refractivity contribution >= 4 is 22.8 Å². The second kappa shape index (κ2) is 9.21. The zero-order valence-corrected chi connectivity index (χ0v) is 17.5. The van der Waals surface area contributed by atoms with Crippen molar-refractivity contribution in [2.45, 2.75) is 31.7 Å². The van der Waals surface area contributed by atoms with Gasteiger partial charge in [0.1, 0.15) is 6.04 Å². The molecule has 8 nitrogen and oxygen atoms in total. The predicted octanol–water partition coefficient (Wildman–Crippen LogP) is 2.29. The van der Waals surface area contributed by atoms with Crippen LogP contribution in [0.15, 0.2) is 64.2 Å². The quantitative estimate of drug-likeness (QED) is 0.549. The van der Waals surface area contributed by atoms with Gasteiger partial charge in [0.05, 0.1) is 16.8 Å². The highest BCUT2D eigenvalue weighted by molar-refractivity contribution is 5.84. The minimum atomic E-state index is -1.12. The van der Waals surface area contributed by atoms with Gasteiger partial charge in [-0.15, -0.1) is 0 Å². The van der Waals surface area contributed by atoms with Crippen LogP contribution in [0.3, 0.4) is 0 Å². The first-order valence-electron chi connectivity index (χ1n) is 10.7. The number of nitrogens with zero attached hydrogens (tertiary/aromatic N) is 1. The van der Waals surface area contributed by atoms with E-state index in [-0.39, 0.29) is 11.8 Å². The zero-order chi connectivity index (χ0) is 22.7. The average molecular weight is 435 g/mol. The molecular formula is C24H25N3O5. The lowest BCUT2D eigenvalue weighted by Gasteiger charge is -2.27. The van der Waals surface area contributed by atoms with E-state index in [4.69, 9.17) is 5.11 Å². The first-order chi connectivity index (χ1) is 15.5. The van der Waals surface area contributed by atoms with Crippen LogP contribution in [0.4, 0.5) is 0 Å². The van der Waals surface area contributed by atoms with E-state index in [0.717, 1.165) is 4.57 Å². The number of aromatic amines is 1. The summed E-state index contributed by atoms with van der Waals surface area (Å²) in [5.74, 6) is -1.38. The molecule has 3 aromatic rings. The van der Waals surface area contributed by atoms with E-state index in [2.05, 4.69) is 10.3 Å². The summed E-state index contributed by atoms with van der Waals surface area (Å²) in [6, 6.07) is 14.3. The van der Waals surface area contributed by atoms with Gasteiger partial charge in [-0.3, -0.25) is 14.4 Å². The van der Waals surface area contributed by atoms with Crippen LogP contribution in [0, 0.1) is 11.8 Å². The summed E-state index contributed by atoms with van der Waals surface area (Å²) in [7, 11) is 0. The summed E-state index contributed by atoms with van der Waals surface area (Å²) in [6.07, 6.45) is 2.59. The fraction of sp³-hybridized carbons (Fsp3) is 0.333. The van der Waals surface area contributed by atoms with E-state index >= 15 is 0 Å². The Morgan fingerprint density at radius 3 is 2.34 bits per heavy atom. The number of hydrogen-bond donors (Lipinski definition) is 3. The average Bonchev–Trinajstić information content (AvgIpc) is 2.81. The van der Waals surface area contributed by atoms with Gasteiger partial charge < -0.3 is 15.4 Å². The van der Waals surface area contributed by atoms with Gasteiger partial charge in [-0.1, -0.05) is 42.5 Å². The van der Waals surface area contributed by atoms with Crippen molar-refractivity contribution < 1.29 is 14.7 Å². The van der Waals surface area contributed by atoms with E-state index in [9.17, 15) is 19.2 Å². The van der Waals surface area contributed by atoms with Crippen molar-refractivity contribution in [3.05, 3.63) is 81.0 Å². The Morgan fingerprint density at radius 2 is 1.66 bits per heavy atom. The van der Waals surface area contributed by atoms with Gasteiger partial charge in [-0.25, -0.2) is 9.36 Å². The van der Waals surface area contributed by atoms with Gasteiger partial charge in [0.25, 0.3) is 5.56 Å². The van der Waals surface area contributed by atoms with Crippen molar-refractivity contribution in [3.63, 3.8) is 0 Å². The van der Waals surface area contributed by atoms with E-state index in [1.165, 1.54) is 0 Å². The predicted molar refractivity (Wildman–Crippen MR) is 120 cm³/mol. The molecule has 4 rings (SSSR count). The Bertz CT molecular complexity index is 1240. The van der Waals surface area contributed by atoms with E-state index in [1.54, 1.807) is 54.6 Å². The molecule has 3 N–H and O–H groups in total. The number of rotatable bonds is 6. The fourth-order valence-electron chi connectivity index (χ4n) is 4.42. The monoisotopic (exact) mass is 435 g/mol. The molecular weight excluding hydrogens is 410 g/mol. The smallest absolute Gasteiger partial charge is 0.329 e. The summed E-state index contributed by atoms with van der Waals surface area (Å²) in [6.45, 7) is 0.370. The van der Waals surface area contributed by atoms with Crippen molar-refractivity contribution in [2.75, 3.05) is 6.54 Å². The lowest BCUT2D eigenvalue weighted by molar-refractivity contribution is -0.143. The Kier molecular flexibility index (Phi) is 6.20. The lowest BCUT2D eigenvalue weighted by atomic mass is 9.82. The second-order valence-corrected chi connectivity index (χ2v) is 8.27. The zero-order valence-electron chi connectivity index (χ0n) is 17.5. The number of fused-ring (bicyclic) bond motifs is 1. The molecule has 8 heteroatoms. The van der Waals surface area contributed by atoms with Gasteiger partial charge in [0.15, 0.2) is 0 Å². The van der Waals surface area contributed by atoms with Crippen molar-refractivity contribution in [1.29, 1.82) is 0 Å². The van der Waals surface area contributed by atoms with Crippen LogP contribution in [0.1, 0.15) is 37.3 Å². The number of aliphatic carboxylic acids is 1. The SMILES string of the molecule is O=C(O)C1CCC(CNC(=O)C(c2ccccc2)n2c(=O)[nH]c3ccccc3c2=O)CC1. The molecule has 1 aliphatic rings. The van der Waals surface area contributed by atoms with E-state index < -0.39 is 29.2 Å². The Morgan fingerprint density at radius 1 is 1.00 bits per heavy atom. The van der Waals surface area contributed by atoms with Crippen LogP contribution in [-0.2, 0) is 9.59 Å². The molecule has 0 aliphatic heterocycles. The number of para-hydroxylation sites is 1. The minimum absolute atomic E-state index is 0.164. The lowest BCUT2D eigenvalue weighted by Crippen LogP contribution is -2.46. The topological polar surface area (TPSA) is 121 Å². The molecule has 0 bridgehead atoms. The van der Waals surface area contributed by atoms with E-state index in [0.29, 0.717) is 48.7 Å². The molecule has 1 aromatic heterocycles. The number of benzene rings is 2. The molecule has 166 valence electrons. The molecule has 1 atom stereocenters. The van der Waals surface area contributed by atoms with Crippen LogP contribution in [0.25, 0.3) is 10.9 Å². The Balaban J connectivity index is 1.62. The summed E-state index contributed by atoms with van der Waals surface area (Å²) >= 11 is 0.